The largest absolute Gasteiger partial charge is 0.494 e. The fourth-order valence-electron chi connectivity index (χ4n) is 1.18. The minimum atomic E-state index is 0.491. The molecule has 0 aromatic heterocycles. The summed E-state index contributed by atoms with van der Waals surface area (Å²) in [5, 5.41) is 0. The number of ether oxygens (including phenoxy) is 3. The van der Waals surface area contributed by atoms with Gasteiger partial charge in [0.1, 0.15) is 23.8 Å². The van der Waals surface area contributed by atoms with Gasteiger partial charge in [-0.3, -0.25) is 0 Å². The van der Waals surface area contributed by atoms with Gasteiger partial charge in [0.15, 0.2) is 0 Å². The Labute approximate surface area is 89.9 Å². The van der Waals surface area contributed by atoms with Gasteiger partial charge in [0, 0.05) is 6.61 Å². The van der Waals surface area contributed by atoms with Crippen LogP contribution in [0.15, 0.2) is 18.2 Å². The minimum Gasteiger partial charge on any atom is -0.494 e. The first-order chi connectivity index (χ1) is 7.29. The molecule has 15 heavy (non-hydrogen) atoms. The van der Waals surface area contributed by atoms with Crippen LogP contribution in [0, 0.1) is 0 Å². The van der Waals surface area contributed by atoms with Crippen LogP contribution in [0.5, 0.6) is 11.5 Å². The second-order valence-corrected chi connectivity index (χ2v) is 2.92. The van der Waals surface area contributed by atoms with Crippen molar-refractivity contribution in [1.82, 2.24) is 0 Å². The van der Waals surface area contributed by atoms with Gasteiger partial charge in [-0.05, 0) is 19.1 Å². The van der Waals surface area contributed by atoms with Crippen molar-refractivity contribution in [3.8, 4) is 11.5 Å². The van der Waals surface area contributed by atoms with Crippen LogP contribution in [0.25, 0.3) is 0 Å². The smallest absolute Gasteiger partial charge is 0.146 e. The summed E-state index contributed by atoms with van der Waals surface area (Å²) >= 11 is 0. The first-order valence-electron chi connectivity index (χ1n) is 4.92. The molecule has 0 bridgehead atoms. The van der Waals surface area contributed by atoms with Crippen molar-refractivity contribution >= 4 is 5.69 Å². The summed E-state index contributed by atoms with van der Waals surface area (Å²) in [7, 11) is 1.58. The van der Waals surface area contributed by atoms with Crippen LogP contribution in [0.1, 0.15) is 6.92 Å². The van der Waals surface area contributed by atoms with Crippen LogP contribution < -0.4 is 15.2 Å². The summed E-state index contributed by atoms with van der Waals surface area (Å²) in [6, 6.07) is 5.44. The highest BCUT2D eigenvalue weighted by atomic mass is 16.5. The lowest BCUT2D eigenvalue weighted by atomic mass is 10.3. The average Bonchev–Trinajstić information content (AvgIpc) is 2.26. The molecule has 0 radical (unpaired) electrons. The van der Waals surface area contributed by atoms with E-state index in [0.717, 1.165) is 0 Å². The van der Waals surface area contributed by atoms with Gasteiger partial charge in [-0.1, -0.05) is 6.07 Å². The van der Waals surface area contributed by atoms with E-state index < -0.39 is 0 Å². The zero-order valence-corrected chi connectivity index (χ0v) is 9.16. The highest BCUT2D eigenvalue weighted by molar-refractivity contribution is 5.62. The first kappa shape index (κ1) is 11.7. The Balaban J connectivity index is 2.53. The molecule has 0 unspecified atom stereocenters. The quantitative estimate of drug-likeness (QED) is 0.574. The molecule has 0 aliphatic carbocycles. The van der Waals surface area contributed by atoms with Crippen LogP contribution in [-0.2, 0) is 4.74 Å². The number of nitrogen functional groups attached to an aromatic ring is 1. The normalized spacial score (nSPS) is 10.0. The molecule has 4 heteroatoms. The third-order valence-electron chi connectivity index (χ3n) is 1.94. The van der Waals surface area contributed by atoms with Gasteiger partial charge < -0.3 is 19.9 Å². The molecule has 4 nitrogen and oxygen atoms in total. The maximum absolute atomic E-state index is 5.82. The van der Waals surface area contributed by atoms with Gasteiger partial charge in [0.25, 0.3) is 0 Å². The number of para-hydroxylation sites is 1. The average molecular weight is 211 g/mol. The van der Waals surface area contributed by atoms with E-state index >= 15 is 0 Å². The molecule has 0 fully saturated rings. The van der Waals surface area contributed by atoms with Gasteiger partial charge in [0.05, 0.1) is 13.7 Å². The molecule has 0 aliphatic heterocycles. The number of methoxy groups -OCH3 is 1. The highest BCUT2D eigenvalue weighted by Gasteiger charge is 2.05. The molecule has 0 atom stereocenters. The molecule has 84 valence electrons. The Morgan fingerprint density at radius 1 is 1.20 bits per heavy atom. The van der Waals surface area contributed by atoms with Crippen molar-refractivity contribution in [3.63, 3.8) is 0 Å². The fourth-order valence-corrected chi connectivity index (χ4v) is 1.18. The van der Waals surface area contributed by atoms with E-state index in [0.29, 0.717) is 37.0 Å². The maximum atomic E-state index is 5.82. The van der Waals surface area contributed by atoms with Crippen LogP contribution in [0.2, 0.25) is 0 Å². The summed E-state index contributed by atoms with van der Waals surface area (Å²) in [6.07, 6.45) is 0. The van der Waals surface area contributed by atoms with Gasteiger partial charge in [-0.2, -0.15) is 0 Å². The molecule has 1 aromatic carbocycles. The summed E-state index contributed by atoms with van der Waals surface area (Å²) < 4.78 is 15.7. The zero-order valence-electron chi connectivity index (χ0n) is 9.16. The number of nitrogens with two attached hydrogens (primary N) is 1. The fraction of sp³-hybridized carbons (Fsp3) is 0.455. The molecule has 0 saturated carbocycles. The third-order valence-corrected chi connectivity index (χ3v) is 1.94. The predicted octanol–water partition coefficient (Wildman–Crippen LogP) is 1.69. The molecule has 0 heterocycles. The number of rotatable bonds is 6. The van der Waals surface area contributed by atoms with Gasteiger partial charge >= 0.3 is 0 Å². The standard InChI is InChI=1S/C11H17NO3/c1-3-14-7-8-15-10-6-4-5-9(13-2)11(10)12/h4-6H,3,7-8,12H2,1-2H3. The Morgan fingerprint density at radius 3 is 2.60 bits per heavy atom. The number of benzene rings is 1. The summed E-state index contributed by atoms with van der Waals surface area (Å²) in [4.78, 5) is 0. The summed E-state index contributed by atoms with van der Waals surface area (Å²) in [5.41, 5.74) is 6.34. The van der Waals surface area contributed by atoms with Crippen molar-refractivity contribution in [2.24, 2.45) is 0 Å². The lowest BCUT2D eigenvalue weighted by molar-refractivity contribution is 0.110. The SMILES string of the molecule is CCOCCOc1cccc(OC)c1N. The third kappa shape index (κ3) is 3.32. The van der Waals surface area contributed by atoms with Gasteiger partial charge in [-0.25, -0.2) is 0 Å². The minimum absolute atomic E-state index is 0.491. The van der Waals surface area contributed by atoms with Gasteiger partial charge in [-0.15, -0.1) is 0 Å². The van der Waals surface area contributed by atoms with E-state index in [9.17, 15) is 0 Å². The number of hydrogen-bond donors (Lipinski definition) is 1. The van der Waals surface area contributed by atoms with Crippen molar-refractivity contribution in [3.05, 3.63) is 18.2 Å². The lowest BCUT2D eigenvalue weighted by Crippen LogP contribution is -2.07. The molecule has 1 rings (SSSR count). The summed E-state index contributed by atoms with van der Waals surface area (Å²) in [6.45, 7) is 3.69. The van der Waals surface area contributed by atoms with E-state index in [1.807, 2.05) is 19.1 Å². The molecular formula is C11H17NO3. The molecule has 0 saturated heterocycles. The van der Waals surface area contributed by atoms with E-state index in [4.69, 9.17) is 19.9 Å². The van der Waals surface area contributed by atoms with Crippen LogP contribution in [-0.4, -0.2) is 26.9 Å². The van der Waals surface area contributed by atoms with E-state index in [1.165, 1.54) is 0 Å². The van der Waals surface area contributed by atoms with E-state index in [2.05, 4.69) is 0 Å². The van der Waals surface area contributed by atoms with E-state index in [-0.39, 0.29) is 0 Å². The Hall–Kier alpha value is -1.42. The second kappa shape index (κ2) is 6.14. The van der Waals surface area contributed by atoms with Crippen molar-refractivity contribution in [1.29, 1.82) is 0 Å². The predicted molar refractivity (Wildman–Crippen MR) is 59.4 cm³/mol. The van der Waals surface area contributed by atoms with E-state index in [1.54, 1.807) is 13.2 Å². The van der Waals surface area contributed by atoms with Gasteiger partial charge in [0.2, 0.25) is 0 Å². The molecule has 0 spiro atoms. The molecule has 0 amide bonds. The molecule has 0 aliphatic rings. The lowest BCUT2D eigenvalue weighted by Gasteiger charge is -2.11. The van der Waals surface area contributed by atoms with Crippen LogP contribution >= 0.6 is 0 Å². The second-order valence-electron chi connectivity index (χ2n) is 2.92. The molecule has 2 N–H and O–H groups in total. The highest BCUT2D eigenvalue weighted by Crippen LogP contribution is 2.30. The Kier molecular flexibility index (Phi) is 4.77. The monoisotopic (exact) mass is 211 g/mol. The Morgan fingerprint density at radius 2 is 1.93 bits per heavy atom. The number of hydrogen-bond acceptors (Lipinski definition) is 4. The summed E-state index contributed by atoms with van der Waals surface area (Å²) in [5.74, 6) is 1.26. The maximum Gasteiger partial charge on any atom is 0.146 e. The molecular weight excluding hydrogens is 194 g/mol. The van der Waals surface area contributed by atoms with Crippen molar-refractivity contribution < 1.29 is 14.2 Å². The molecule has 1 aromatic rings. The van der Waals surface area contributed by atoms with Crippen molar-refractivity contribution in [2.45, 2.75) is 6.92 Å². The van der Waals surface area contributed by atoms with Crippen LogP contribution in [0.4, 0.5) is 5.69 Å². The van der Waals surface area contributed by atoms with Crippen LogP contribution in [0.3, 0.4) is 0 Å². The number of anilines is 1. The first-order valence-corrected chi connectivity index (χ1v) is 4.92. The van der Waals surface area contributed by atoms with Crippen molar-refractivity contribution in [2.75, 3.05) is 32.7 Å². The topological polar surface area (TPSA) is 53.7 Å². The zero-order chi connectivity index (χ0) is 11.1. The Bertz CT molecular complexity index is 302.